The van der Waals surface area contributed by atoms with Crippen LogP contribution in [0.25, 0.3) is 20.8 Å². The lowest BCUT2D eigenvalue weighted by molar-refractivity contribution is 0.240. The van der Waals surface area contributed by atoms with Gasteiger partial charge in [-0.05, 0) is 55.5 Å². The van der Waals surface area contributed by atoms with Crippen LogP contribution in [0.5, 0.6) is 5.75 Å². The third-order valence-electron chi connectivity index (χ3n) is 4.84. The van der Waals surface area contributed by atoms with Crippen molar-refractivity contribution in [2.24, 2.45) is 5.92 Å². The number of anilines is 1. The summed E-state index contributed by atoms with van der Waals surface area (Å²) >= 11 is 1.56. The van der Waals surface area contributed by atoms with E-state index in [-0.39, 0.29) is 12.4 Å². The lowest BCUT2D eigenvalue weighted by Crippen LogP contribution is -2.34. The van der Waals surface area contributed by atoms with Gasteiger partial charge >= 0.3 is 0 Å². The Morgan fingerprint density at radius 1 is 1.16 bits per heavy atom. The number of aromatic nitrogens is 2. The molecule has 0 radical (unpaired) electrons. The molecule has 5 nitrogen and oxygen atoms in total. The maximum absolute atomic E-state index is 9.59. The van der Waals surface area contributed by atoms with Crippen LogP contribution in [-0.2, 0) is 0 Å². The summed E-state index contributed by atoms with van der Waals surface area (Å²) in [6, 6.07) is 9.37. The number of hydrogen-bond donors (Lipinski definition) is 2. The average molecular weight is 355 g/mol. The number of aliphatic hydroxyl groups is 1. The summed E-state index contributed by atoms with van der Waals surface area (Å²) in [4.78, 5) is 11.6. The molecule has 2 N–H and O–H groups in total. The smallest absolute Gasteiger partial charge is 0.128 e. The Kier molecular flexibility index (Phi) is 4.55. The number of fused-ring (bicyclic) bond motifs is 1. The van der Waals surface area contributed by atoms with Gasteiger partial charge in [0.2, 0.25) is 0 Å². The van der Waals surface area contributed by atoms with E-state index in [2.05, 4.69) is 27.0 Å². The van der Waals surface area contributed by atoms with Crippen LogP contribution >= 0.6 is 11.3 Å². The highest BCUT2D eigenvalue weighted by molar-refractivity contribution is 7.21. The van der Waals surface area contributed by atoms with Crippen molar-refractivity contribution in [2.45, 2.75) is 19.3 Å². The normalized spacial score (nSPS) is 15.8. The molecule has 130 valence electrons. The monoisotopic (exact) mass is 355 g/mol. The standard InChI is InChI=1S/C19H21N3O2S/c23-10-7-13-5-8-22(9-6-13)18-4-1-14(12-20-18)19-21-16-3-2-15(24)11-17(16)25-19/h1-4,11-13,23-24H,5-10H2. The second kappa shape index (κ2) is 6.98. The van der Waals surface area contributed by atoms with Gasteiger partial charge in [-0.15, -0.1) is 11.3 Å². The summed E-state index contributed by atoms with van der Waals surface area (Å²) < 4.78 is 0.977. The molecule has 0 spiro atoms. The van der Waals surface area contributed by atoms with E-state index in [0.717, 1.165) is 59.0 Å². The van der Waals surface area contributed by atoms with E-state index in [1.165, 1.54) is 0 Å². The molecule has 4 rings (SSSR count). The minimum atomic E-state index is 0.265. The lowest BCUT2D eigenvalue weighted by atomic mass is 9.94. The second-order valence-corrected chi connectivity index (χ2v) is 7.55. The number of thiazole rings is 1. The summed E-state index contributed by atoms with van der Waals surface area (Å²) in [5, 5.41) is 19.6. The second-order valence-electron chi connectivity index (χ2n) is 6.52. The van der Waals surface area contributed by atoms with Crippen molar-refractivity contribution < 1.29 is 10.2 Å². The third-order valence-corrected chi connectivity index (χ3v) is 5.91. The fourth-order valence-electron chi connectivity index (χ4n) is 3.37. The van der Waals surface area contributed by atoms with Crippen molar-refractivity contribution in [3.05, 3.63) is 36.5 Å². The fourth-order valence-corrected chi connectivity index (χ4v) is 4.36. The molecule has 0 unspecified atom stereocenters. The van der Waals surface area contributed by atoms with Gasteiger partial charge in [0, 0.05) is 31.5 Å². The average Bonchev–Trinajstić information content (AvgIpc) is 3.06. The van der Waals surface area contributed by atoms with Gasteiger partial charge in [-0.25, -0.2) is 9.97 Å². The van der Waals surface area contributed by atoms with Gasteiger partial charge in [0.15, 0.2) is 0 Å². The number of aliphatic hydroxyl groups excluding tert-OH is 1. The Labute approximate surface area is 150 Å². The van der Waals surface area contributed by atoms with Crippen LogP contribution in [0.15, 0.2) is 36.5 Å². The first-order valence-corrected chi connectivity index (χ1v) is 9.46. The Hall–Kier alpha value is -2.18. The van der Waals surface area contributed by atoms with E-state index in [1.54, 1.807) is 23.5 Å². The number of benzene rings is 1. The van der Waals surface area contributed by atoms with Crippen molar-refractivity contribution in [1.29, 1.82) is 0 Å². The van der Waals surface area contributed by atoms with Crippen molar-refractivity contribution in [2.75, 3.05) is 24.6 Å². The number of aromatic hydroxyl groups is 1. The predicted octanol–water partition coefficient (Wildman–Crippen LogP) is 3.66. The molecule has 0 bridgehead atoms. The van der Waals surface area contributed by atoms with Gasteiger partial charge in [0.25, 0.3) is 0 Å². The van der Waals surface area contributed by atoms with E-state index < -0.39 is 0 Å². The molecule has 3 aromatic rings. The third kappa shape index (κ3) is 3.45. The first-order valence-electron chi connectivity index (χ1n) is 8.65. The Morgan fingerprint density at radius 2 is 2.00 bits per heavy atom. The zero-order chi connectivity index (χ0) is 17.2. The van der Waals surface area contributed by atoms with Crippen molar-refractivity contribution in [3.8, 4) is 16.3 Å². The highest BCUT2D eigenvalue weighted by Crippen LogP contribution is 2.32. The highest BCUT2D eigenvalue weighted by atomic mass is 32.1. The van der Waals surface area contributed by atoms with Crippen LogP contribution in [0.2, 0.25) is 0 Å². The number of piperidine rings is 1. The van der Waals surface area contributed by atoms with Gasteiger partial charge in [-0.2, -0.15) is 0 Å². The number of phenolic OH excluding ortho intramolecular Hbond substituents is 1. The van der Waals surface area contributed by atoms with E-state index >= 15 is 0 Å². The molecule has 1 saturated heterocycles. The lowest BCUT2D eigenvalue weighted by Gasteiger charge is -2.32. The van der Waals surface area contributed by atoms with Gasteiger partial charge in [0.05, 0.1) is 10.2 Å². The van der Waals surface area contributed by atoms with Crippen molar-refractivity contribution in [1.82, 2.24) is 9.97 Å². The van der Waals surface area contributed by atoms with Gasteiger partial charge < -0.3 is 15.1 Å². The van der Waals surface area contributed by atoms with E-state index in [9.17, 15) is 5.11 Å². The topological polar surface area (TPSA) is 69.5 Å². The maximum Gasteiger partial charge on any atom is 0.128 e. The Balaban J connectivity index is 1.49. The molecular formula is C19H21N3O2S. The Bertz CT molecular complexity index is 855. The molecule has 0 saturated carbocycles. The molecule has 0 atom stereocenters. The number of nitrogens with zero attached hydrogens (tertiary/aromatic N) is 3. The molecule has 1 aromatic carbocycles. The van der Waals surface area contributed by atoms with Crippen LogP contribution in [0.1, 0.15) is 19.3 Å². The minimum absolute atomic E-state index is 0.265. The molecule has 1 aliphatic rings. The molecule has 1 aliphatic heterocycles. The quantitative estimate of drug-likeness (QED) is 0.747. The van der Waals surface area contributed by atoms with Crippen LogP contribution in [0.4, 0.5) is 5.82 Å². The molecule has 1 fully saturated rings. The van der Waals surface area contributed by atoms with Crippen LogP contribution in [0, 0.1) is 5.92 Å². The van der Waals surface area contributed by atoms with E-state index in [4.69, 9.17) is 5.11 Å². The highest BCUT2D eigenvalue weighted by Gasteiger charge is 2.19. The summed E-state index contributed by atoms with van der Waals surface area (Å²) in [5.74, 6) is 1.91. The zero-order valence-corrected chi connectivity index (χ0v) is 14.7. The molecular weight excluding hydrogens is 334 g/mol. The van der Waals surface area contributed by atoms with Gasteiger partial charge in [-0.1, -0.05) is 0 Å². The molecule has 0 aliphatic carbocycles. The fraction of sp³-hybridized carbons (Fsp3) is 0.368. The van der Waals surface area contributed by atoms with E-state index in [0.29, 0.717) is 5.92 Å². The first-order chi connectivity index (χ1) is 12.2. The number of pyridine rings is 1. The summed E-state index contributed by atoms with van der Waals surface area (Å²) in [7, 11) is 0. The summed E-state index contributed by atoms with van der Waals surface area (Å²) in [6.45, 7) is 2.28. The van der Waals surface area contributed by atoms with Crippen LogP contribution in [-0.4, -0.2) is 39.9 Å². The number of phenols is 1. The van der Waals surface area contributed by atoms with Crippen molar-refractivity contribution >= 4 is 27.4 Å². The van der Waals surface area contributed by atoms with Crippen LogP contribution in [0.3, 0.4) is 0 Å². The Morgan fingerprint density at radius 3 is 2.72 bits per heavy atom. The molecule has 6 heteroatoms. The molecule has 0 amide bonds. The van der Waals surface area contributed by atoms with Gasteiger partial charge in [-0.3, -0.25) is 0 Å². The predicted molar refractivity (Wildman–Crippen MR) is 101 cm³/mol. The SMILES string of the molecule is OCCC1CCN(c2ccc(-c3nc4ccc(O)cc4s3)cn2)CC1. The minimum Gasteiger partial charge on any atom is -0.508 e. The van der Waals surface area contributed by atoms with Crippen molar-refractivity contribution in [3.63, 3.8) is 0 Å². The van der Waals surface area contributed by atoms with E-state index in [1.807, 2.05) is 12.3 Å². The zero-order valence-electron chi connectivity index (χ0n) is 13.9. The number of rotatable bonds is 4. The van der Waals surface area contributed by atoms with Crippen LogP contribution < -0.4 is 4.90 Å². The molecule has 25 heavy (non-hydrogen) atoms. The number of hydrogen-bond acceptors (Lipinski definition) is 6. The summed E-state index contributed by atoms with van der Waals surface area (Å²) in [5.41, 5.74) is 1.90. The summed E-state index contributed by atoms with van der Waals surface area (Å²) in [6.07, 6.45) is 5.02. The largest absolute Gasteiger partial charge is 0.508 e. The first kappa shape index (κ1) is 16.3. The molecule has 2 aromatic heterocycles. The van der Waals surface area contributed by atoms with Gasteiger partial charge in [0.1, 0.15) is 16.6 Å². The molecule has 3 heterocycles. The maximum atomic E-state index is 9.59.